The number of carbonyl (C=O) groups excluding carboxylic acids is 2. The first-order valence-corrected chi connectivity index (χ1v) is 7.65. The van der Waals surface area contributed by atoms with Gasteiger partial charge in [-0.1, -0.05) is 13.8 Å². The van der Waals surface area contributed by atoms with Crippen molar-refractivity contribution in [2.24, 2.45) is 16.7 Å². The van der Waals surface area contributed by atoms with E-state index in [2.05, 4.69) is 6.92 Å². The predicted molar refractivity (Wildman–Crippen MR) is 78.1 cm³/mol. The Kier molecular flexibility index (Phi) is 3.34. The maximum atomic E-state index is 12.8. The molecule has 0 spiro atoms. The second-order valence-corrected chi connectivity index (χ2v) is 6.75. The molecule has 1 aromatic heterocycles. The van der Waals surface area contributed by atoms with Crippen molar-refractivity contribution in [3.63, 3.8) is 0 Å². The lowest BCUT2D eigenvalue weighted by Gasteiger charge is -2.49. The smallest absolute Gasteiger partial charge is 0.313 e. The van der Waals surface area contributed by atoms with E-state index >= 15 is 0 Å². The van der Waals surface area contributed by atoms with Gasteiger partial charge in [-0.15, -0.1) is 0 Å². The number of hydrogen-bond acceptors (Lipinski definition) is 5. The van der Waals surface area contributed by atoms with Crippen LogP contribution >= 0.6 is 0 Å². The van der Waals surface area contributed by atoms with Crippen molar-refractivity contribution in [1.82, 2.24) is 0 Å². The quantitative estimate of drug-likeness (QED) is 0.786. The Hall–Kier alpha value is -1.78. The maximum absolute atomic E-state index is 12.8. The first-order valence-electron chi connectivity index (χ1n) is 7.65. The van der Waals surface area contributed by atoms with Gasteiger partial charge >= 0.3 is 11.9 Å². The molecule has 120 valence electrons. The van der Waals surface area contributed by atoms with Crippen LogP contribution in [0.5, 0.6) is 0 Å². The summed E-state index contributed by atoms with van der Waals surface area (Å²) >= 11 is 0. The summed E-state index contributed by atoms with van der Waals surface area (Å²) in [5, 5.41) is 0. The van der Waals surface area contributed by atoms with Gasteiger partial charge in [-0.2, -0.15) is 0 Å². The molecule has 5 nitrogen and oxygen atoms in total. The molecule has 0 amide bonds. The van der Waals surface area contributed by atoms with Crippen molar-refractivity contribution >= 4 is 11.9 Å². The lowest BCUT2D eigenvalue weighted by atomic mass is 9.51. The van der Waals surface area contributed by atoms with Crippen molar-refractivity contribution in [3.05, 3.63) is 23.7 Å². The number of fused-ring (bicyclic) bond motifs is 2. The third kappa shape index (κ3) is 1.59. The van der Waals surface area contributed by atoms with Gasteiger partial charge in [0, 0.05) is 17.4 Å². The van der Waals surface area contributed by atoms with E-state index in [1.165, 1.54) is 14.2 Å². The van der Waals surface area contributed by atoms with E-state index in [0.717, 1.165) is 18.4 Å². The molecule has 0 unspecified atom stereocenters. The van der Waals surface area contributed by atoms with Gasteiger partial charge in [0.2, 0.25) is 0 Å². The van der Waals surface area contributed by atoms with E-state index < -0.39 is 16.7 Å². The summed E-state index contributed by atoms with van der Waals surface area (Å²) in [5.41, 5.74) is -0.419. The number of ether oxygens (including phenoxy) is 2. The molecule has 0 N–H and O–H groups in total. The van der Waals surface area contributed by atoms with E-state index in [1.54, 1.807) is 6.26 Å². The Morgan fingerprint density at radius 3 is 2.68 bits per heavy atom. The van der Waals surface area contributed by atoms with Gasteiger partial charge < -0.3 is 13.9 Å². The fraction of sp³-hybridized carbons (Fsp3) is 0.647. The minimum atomic E-state index is -0.745. The highest BCUT2D eigenvalue weighted by Crippen LogP contribution is 2.67. The number of rotatable bonds is 2. The van der Waals surface area contributed by atoms with Crippen LogP contribution in [0.3, 0.4) is 0 Å². The van der Waals surface area contributed by atoms with E-state index in [-0.39, 0.29) is 17.9 Å². The molecule has 1 heterocycles. The monoisotopic (exact) mass is 306 g/mol. The average molecular weight is 306 g/mol. The number of esters is 2. The van der Waals surface area contributed by atoms with Crippen LogP contribution in [0.1, 0.15) is 43.9 Å². The van der Waals surface area contributed by atoms with E-state index in [0.29, 0.717) is 12.2 Å². The van der Waals surface area contributed by atoms with Crippen molar-refractivity contribution in [3.8, 4) is 0 Å². The Morgan fingerprint density at radius 1 is 1.32 bits per heavy atom. The van der Waals surface area contributed by atoms with Gasteiger partial charge in [0.25, 0.3) is 0 Å². The van der Waals surface area contributed by atoms with Crippen molar-refractivity contribution < 1.29 is 23.5 Å². The van der Waals surface area contributed by atoms with Crippen LogP contribution in [0.25, 0.3) is 0 Å². The molecule has 1 aromatic rings. The molecular weight excluding hydrogens is 284 g/mol. The average Bonchev–Trinajstić information content (AvgIpc) is 3.06. The predicted octanol–water partition coefficient (Wildman–Crippen LogP) is 2.69. The third-order valence-corrected chi connectivity index (χ3v) is 6.11. The topological polar surface area (TPSA) is 65.7 Å². The Bertz CT molecular complexity index is 618. The molecule has 0 radical (unpaired) electrons. The minimum Gasteiger partial charge on any atom is -0.469 e. The summed E-state index contributed by atoms with van der Waals surface area (Å²) in [6.07, 6.45) is 3.73. The highest BCUT2D eigenvalue weighted by atomic mass is 16.5. The van der Waals surface area contributed by atoms with Crippen molar-refractivity contribution in [1.29, 1.82) is 0 Å². The lowest BCUT2D eigenvalue weighted by molar-refractivity contribution is -0.170. The largest absolute Gasteiger partial charge is 0.469 e. The third-order valence-electron chi connectivity index (χ3n) is 6.11. The first-order chi connectivity index (χ1) is 10.4. The fourth-order valence-electron chi connectivity index (χ4n) is 4.87. The SMILES string of the molecule is COC(=O)[C@H]1c2ccoc2C[C@]2(C(=O)OC)[C@H](C)CC[C@]12C. The van der Waals surface area contributed by atoms with Crippen LogP contribution in [-0.4, -0.2) is 26.2 Å². The summed E-state index contributed by atoms with van der Waals surface area (Å²) < 4.78 is 15.8. The zero-order valence-electron chi connectivity index (χ0n) is 13.5. The molecule has 0 aliphatic heterocycles. The molecule has 5 heteroatoms. The zero-order valence-corrected chi connectivity index (χ0v) is 13.5. The van der Waals surface area contributed by atoms with Crippen molar-refractivity contribution in [2.75, 3.05) is 14.2 Å². The normalized spacial score (nSPS) is 36.4. The highest BCUT2D eigenvalue weighted by Gasteiger charge is 2.68. The van der Waals surface area contributed by atoms with Gasteiger partial charge in [0.05, 0.1) is 31.8 Å². The van der Waals surface area contributed by atoms with Crippen LogP contribution in [0.2, 0.25) is 0 Å². The number of furan rings is 1. The van der Waals surface area contributed by atoms with Gasteiger partial charge in [0.1, 0.15) is 5.76 Å². The van der Waals surface area contributed by atoms with Crippen molar-refractivity contribution in [2.45, 2.75) is 39.0 Å². The van der Waals surface area contributed by atoms with Gasteiger partial charge in [-0.3, -0.25) is 9.59 Å². The summed E-state index contributed by atoms with van der Waals surface area (Å²) in [7, 11) is 2.80. The molecule has 22 heavy (non-hydrogen) atoms. The number of carbonyl (C=O) groups is 2. The van der Waals surface area contributed by atoms with E-state index in [4.69, 9.17) is 13.9 Å². The highest BCUT2D eigenvalue weighted by molar-refractivity contribution is 5.86. The van der Waals surface area contributed by atoms with Crippen LogP contribution in [-0.2, 0) is 25.5 Å². The van der Waals surface area contributed by atoms with E-state index in [9.17, 15) is 9.59 Å². The maximum Gasteiger partial charge on any atom is 0.313 e. The molecule has 3 rings (SSSR count). The lowest BCUT2D eigenvalue weighted by Crippen LogP contribution is -2.55. The molecule has 1 fully saturated rings. The van der Waals surface area contributed by atoms with Crippen LogP contribution in [0.4, 0.5) is 0 Å². The Balaban J connectivity index is 2.25. The zero-order chi connectivity index (χ0) is 16.1. The van der Waals surface area contributed by atoms with Crippen LogP contribution in [0.15, 0.2) is 16.7 Å². The summed E-state index contributed by atoms with van der Waals surface area (Å²) in [4.78, 5) is 25.3. The molecule has 2 aliphatic rings. The molecular formula is C17H22O5. The number of methoxy groups -OCH3 is 2. The standard InChI is InChI=1S/C17H22O5/c1-10-5-7-16(2)13(14(18)20-3)11-6-8-22-12(11)9-17(10,16)15(19)21-4/h6,8,10,13H,5,7,9H2,1-4H3/t10-,13-,16-,17-/m1/s1. The second-order valence-electron chi connectivity index (χ2n) is 6.75. The van der Waals surface area contributed by atoms with E-state index in [1.807, 2.05) is 13.0 Å². The van der Waals surface area contributed by atoms with Crippen LogP contribution in [0, 0.1) is 16.7 Å². The molecule has 1 saturated carbocycles. The summed E-state index contributed by atoms with van der Waals surface area (Å²) in [6, 6.07) is 1.83. The molecule has 0 aromatic carbocycles. The van der Waals surface area contributed by atoms with Gasteiger partial charge in [-0.25, -0.2) is 0 Å². The Labute approximate surface area is 130 Å². The molecule has 2 aliphatic carbocycles. The molecule has 0 bridgehead atoms. The first kappa shape index (κ1) is 15.1. The second kappa shape index (κ2) is 4.86. The molecule has 4 atom stereocenters. The number of hydrogen-bond donors (Lipinski definition) is 0. The minimum absolute atomic E-state index is 0.121. The summed E-state index contributed by atoms with van der Waals surface area (Å²) in [6.45, 7) is 4.08. The van der Waals surface area contributed by atoms with Crippen LogP contribution < -0.4 is 0 Å². The Morgan fingerprint density at radius 2 is 2.05 bits per heavy atom. The fourth-order valence-corrected chi connectivity index (χ4v) is 4.87. The van der Waals surface area contributed by atoms with Gasteiger partial charge in [-0.05, 0) is 24.8 Å². The molecule has 0 saturated heterocycles. The summed E-state index contributed by atoms with van der Waals surface area (Å²) in [5.74, 6) is -0.241. The van der Waals surface area contributed by atoms with Gasteiger partial charge in [0.15, 0.2) is 0 Å².